The SMILES string of the molecule is CB(O)n1[nH]c(=O)c2ccc(N)cc21.Nc1cc(C2CC2)[nH]n1.O=[N+]([O-])c1ccc(Cl)nc1Cl.O=[N+]([O-])c1ccc(Cl)nc1Nc1cc(C2CC2)[nH]n1.O=[N+]([O-])c1ccc(Cl)nc1Nc1cc(C2CC2)[nH]n1.O=[N+]([O-])c1ccc(Nc2cc(C3CC3)[nH]n2)nc1Cl.O=c1[nH][nH]c2cc(Nc3ccc([N+](=O)[O-])c(Nc4cc(C5CC5)[nH]n4)n3)ccc12. The lowest BCUT2D eigenvalue weighted by atomic mass is 9.89. The number of aromatic nitrogens is 19. The molecule has 0 saturated heterocycles. The molecule has 0 atom stereocenters. The van der Waals surface area contributed by atoms with Gasteiger partial charge in [-0.25, -0.2) is 24.9 Å². The minimum atomic E-state index is -0.776. The van der Waals surface area contributed by atoms with Gasteiger partial charge < -0.3 is 43.1 Å². The molecule has 12 aromatic heterocycles. The van der Waals surface area contributed by atoms with Crippen molar-refractivity contribution < 1.29 is 29.6 Å². The molecule has 120 heavy (non-hydrogen) atoms. The van der Waals surface area contributed by atoms with Crippen LogP contribution in [0, 0.1) is 50.6 Å². The van der Waals surface area contributed by atoms with Gasteiger partial charge in [0.25, 0.3) is 11.1 Å². The smallest absolute Gasteiger partial charge is 0.429 e. The number of hydrogen-bond donors (Lipinski definition) is 16. The van der Waals surface area contributed by atoms with Crippen LogP contribution >= 0.6 is 58.0 Å². The van der Waals surface area contributed by atoms with Crippen LogP contribution in [-0.4, -0.2) is 132 Å². The second-order valence-electron chi connectivity index (χ2n) is 27.4. The zero-order valence-electron chi connectivity index (χ0n) is 62.2. The van der Waals surface area contributed by atoms with Gasteiger partial charge in [0.05, 0.1) is 46.4 Å². The van der Waals surface area contributed by atoms with Gasteiger partial charge in [0.15, 0.2) is 23.3 Å². The Balaban J connectivity index is 0.000000124. The third-order valence-corrected chi connectivity index (χ3v) is 19.4. The lowest BCUT2D eigenvalue weighted by molar-refractivity contribution is -0.385. The molecule has 44 nitrogen and oxygen atoms in total. The minimum absolute atomic E-state index is 0.0879. The number of aromatic amines is 8. The second kappa shape index (κ2) is 37.0. The Morgan fingerprint density at radius 2 is 0.783 bits per heavy atom. The quantitative estimate of drug-likeness (QED) is 0.0104. The number of H-pyrrole nitrogens is 8. The van der Waals surface area contributed by atoms with Crippen LogP contribution in [0.4, 0.5) is 98.0 Å². The number of nitrogens with zero attached hydrogens (tertiary/aromatic N) is 16. The first-order valence-corrected chi connectivity index (χ1v) is 38.2. The highest BCUT2D eigenvalue weighted by Crippen LogP contribution is 2.44. The number of halogens is 5. The van der Waals surface area contributed by atoms with Crippen LogP contribution < -0.4 is 49.2 Å². The Kier molecular flexibility index (Phi) is 25.8. The molecular formula is C70H67BCl5N31O13. The molecule has 0 aliphatic heterocycles. The molecule has 14 aromatic rings. The maximum Gasteiger partial charge on any atom is 0.429 e. The third kappa shape index (κ3) is 22.3. The predicted octanol–water partition coefficient (Wildman–Crippen LogP) is 15.2. The van der Waals surface area contributed by atoms with Gasteiger partial charge in [-0.3, -0.25) is 106 Å². The fourth-order valence-corrected chi connectivity index (χ4v) is 12.4. The van der Waals surface area contributed by atoms with Crippen LogP contribution in [-0.2, 0) is 0 Å². The largest absolute Gasteiger partial charge is 0.431 e. The van der Waals surface area contributed by atoms with Crippen molar-refractivity contribution in [1.82, 2.24) is 95.8 Å². The summed E-state index contributed by atoms with van der Waals surface area (Å²) in [6.07, 6.45) is 11.8. The van der Waals surface area contributed by atoms with E-state index in [0.717, 1.165) is 67.2 Å². The van der Waals surface area contributed by atoms with Crippen LogP contribution in [0.2, 0.25) is 32.6 Å². The number of nitrogens with one attached hydrogen (secondary N) is 13. The molecule has 0 bridgehead atoms. The Morgan fingerprint density at radius 3 is 1.19 bits per heavy atom. The van der Waals surface area contributed by atoms with Crippen molar-refractivity contribution in [3.05, 3.63) is 253 Å². The molecule has 0 amide bonds. The maximum atomic E-state index is 11.6. The first-order valence-electron chi connectivity index (χ1n) is 36.3. The van der Waals surface area contributed by atoms with Gasteiger partial charge in [-0.15, -0.1) is 0 Å². The average molecular weight is 1740 g/mol. The number of pyridine rings is 5. The summed E-state index contributed by atoms with van der Waals surface area (Å²) in [6.45, 7) is 1.57. The van der Waals surface area contributed by atoms with Crippen molar-refractivity contribution in [2.24, 2.45) is 0 Å². The molecule has 5 fully saturated rings. The zero-order valence-corrected chi connectivity index (χ0v) is 66.0. The van der Waals surface area contributed by atoms with Crippen molar-refractivity contribution in [2.45, 2.75) is 101 Å². The first kappa shape index (κ1) is 83.8. The van der Waals surface area contributed by atoms with E-state index in [-0.39, 0.29) is 82.8 Å². The maximum absolute atomic E-state index is 11.6. The monoisotopic (exact) mass is 1740 g/mol. The fraction of sp³-hybridized carbons (Fsp3) is 0.229. The third-order valence-electron chi connectivity index (χ3n) is 18.2. The first-order chi connectivity index (χ1) is 57.5. The van der Waals surface area contributed by atoms with E-state index in [1.54, 1.807) is 43.2 Å². The molecule has 18 N–H and O–H groups in total. The van der Waals surface area contributed by atoms with Gasteiger partial charge in [0.1, 0.15) is 32.9 Å². The van der Waals surface area contributed by atoms with Crippen molar-refractivity contribution in [1.29, 1.82) is 0 Å². The fourth-order valence-electron chi connectivity index (χ4n) is 11.5. The van der Waals surface area contributed by atoms with Gasteiger partial charge in [-0.05, 0) is 138 Å². The molecule has 12 heterocycles. The summed E-state index contributed by atoms with van der Waals surface area (Å²) in [5.74, 6) is 6.67. The van der Waals surface area contributed by atoms with E-state index in [1.165, 1.54) is 96.6 Å². The highest BCUT2D eigenvalue weighted by molar-refractivity contribution is 6.47. The standard InChI is InChI=1S/C18H16N8O3.3C11H10ClN5O2.C8H10BN3O2.C6H9N3.C5H2Cl2N2O2/c27-18-11-4-3-10(7-13(11)23-25-18)19-15-6-5-14(26(28)29)17(20-15)21-16-8-12(22-24-16)9-1-2-9;12-11-8(17(18)19)3-4-9(14-11)13-10-5-7(15-16-10)6-1-2-6;2*12-9-4-3-8(17(18)19)11(13-9)14-10-5-7(15-16-10)6-1-2-6;1-9(14)12-7-4-5(10)2-3-6(7)8(13)11-12;7-6-3-5(8-9-6)4-1-2-4;6-4-2-1-3(9(10)11)5(7)8-4/h3-9H,1-2H2,(H2,23,25,27)(H3,19,20,21,22,24);3*3-6H,1-2H2,(H2,13,14,15,16);2-4,14H,10H2,1H3,(H,11,13);3-4H,1-2H2,(H3,7,8,9);1-2H. The summed E-state index contributed by atoms with van der Waals surface area (Å²) in [5.41, 5.74) is 17.6. The Labute approximate surface area is 698 Å². The normalized spacial score (nSPS) is 13.6. The molecule has 5 aliphatic rings. The van der Waals surface area contributed by atoms with Crippen LogP contribution in [0.1, 0.15) is 122 Å². The molecular weight excluding hydrogens is 1670 g/mol. The van der Waals surface area contributed by atoms with E-state index >= 15 is 0 Å². The molecule has 5 saturated carbocycles. The van der Waals surface area contributed by atoms with E-state index < -0.39 is 31.7 Å². The molecule has 0 unspecified atom stereocenters. The van der Waals surface area contributed by atoms with Gasteiger partial charge in [0, 0.05) is 130 Å². The van der Waals surface area contributed by atoms with Gasteiger partial charge in [-0.2, -0.15) is 25.5 Å². The Hall–Kier alpha value is -14.1. The number of rotatable bonds is 21. The minimum Gasteiger partial charge on any atom is -0.431 e. The van der Waals surface area contributed by atoms with Crippen LogP contribution in [0.3, 0.4) is 0 Å². The highest BCUT2D eigenvalue weighted by Gasteiger charge is 2.31. The molecule has 2 aromatic carbocycles. The zero-order chi connectivity index (χ0) is 85.2. The van der Waals surface area contributed by atoms with Crippen molar-refractivity contribution in [2.75, 3.05) is 38.1 Å². The molecule has 5 aliphatic carbocycles. The Bertz CT molecular complexity index is 6130. The van der Waals surface area contributed by atoms with Crippen molar-refractivity contribution in [3.63, 3.8) is 0 Å². The van der Waals surface area contributed by atoms with Gasteiger partial charge in [-0.1, -0.05) is 58.0 Å². The number of nitrogens with two attached hydrogens (primary N) is 2. The van der Waals surface area contributed by atoms with Crippen LogP contribution in [0.15, 0.2) is 137 Å². The molecule has 618 valence electrons. The average Bonchev–Trinajstić information content (AvgIpc) is 1.61. The number of anilines is 12. The number of hydrogen-bond acceptors (Lipinski definition) is 30. The summed E-state index contributed by atoms with van der Waals surface area (Å²) in [5, 5.41) is 122. The summed E-state index contributed by atoms with van der Waals surface area (Å²) in [6, 6.07) is 33.1. The summed E-state index contributed by atoms with van der Waals surface area (Å²) < 4.78 is 1.38. The number of benzene rings is 2. The summed E-state index contributed by atoms with van der Waals surface area (Å²) >= 11 is 28.0. The van der Waals surface area contributed by atoms with E-state index in [1.807, 2.05) is 30.3 Å². The number of nitro groups is 5. The lowest BCUT2D eigenvalue weighted by Crippen LogP contribution is -2.22. The van der Waals surface area contributed by atoms with Crippen molar-refractivity contribution >= 4 is 185 Å². The van der Waals surface area contributed by atoms with E-state index in [2.05, 4.69) is 118 Å². The summed E-state index contributed by atoms with van der Waals surface area (Å²) in [7, 11) is -0.776. The van der Waals surface area contributed by atoms with E-state index in [0.29, 0.717) is 97.6 Å². The van der Waals surface area contributed by atoms with Crippen LogP contribution in [0.5, 0.6) is 0 Å². The second-order valence-corrected chi connectivity index (χ2v) is 29.3. The highest BCUT2D eigenvalue weighted by atomic mass is 35.5. The predicted molar refractivity (Wildman–Crippen MR) is 448 cm³/mol. The van der Waals surface area contributed by atoms with Gasteiger partial charge in [0.2, 0.25) is 27.8 Å². The summed E-state index contributed by atoms with van der Waals surface area (Å²) in [4.78, 5) is 93.9. The topological polar surface area (TPSA) is 642 Å². The van der Waals surface area contributed by atoms with Crippen molar-refractivity contribution in [3.8, 4) is 0 Å². The van der Waals surface area contributed by atoms with Crippen LogP contribution in [0.25, 0.3) is 21.8 Å². The number of nitrogen functional groups attached to an aromatic ring is 2. The lowest BCUT2D eigenvalue weighted by Gasteiger charge is -2.09. The molecule has 0 spiro atoms. The van der Waals surface area contributed by atoms with E-state index in [4.69, 9.17) is 69.5 Å². The van der Waals surface area contributed by atoms with Gasteiger partial charge >= 0.3 is 35.5 Å². The number of fused-ring (bicyclic) bond motifs is 2. The Morgan fingerprint density at radius 1 is 0.408 bits per heavy atom. The molecule has 0 radical (unpaired) electrons. The van der Waals surface area contributed by atoms with E-state index in [9.17, 15) is 65.2 Å². The molecule has 50 heteroatoms. The molecule has 19 rings (SSSR count).